The smallest absolute Gasteiger partial charge is 0.387 e. The number of benzene rings is 5. The summed E-state index contributed by atoms with van der Waals surface area (Å²) in [6, 6.07) is 40.9. The molecule has 1 aromatic heterocycles. The van der Waals surface area contributed by atoms with Crippen molar-refractivity contribution in [3.8, 4) is 16.9 Å². The molecule has 1 aliphatic heterocycles. The Hall–Kier alpha value is -5.60. The van der Waals surface area contributed by atoms with Crippen LogP contribution in [0, 0.1) is 0 Å². The Morgan fingerprint density at radius 3 is 1.98 bits per heavy atom. The molecule has 1 unspecified atom stereocenters. The first-order valence-corrected chi connectivity index (χ1v) is 17.7. The quantitative estimate of drug-likeness (QED) is 0.106. The number of esters is 1. The predicted octanol–water partition coefficient (Wildman–Crippen LogP) is 9.65. The molecule has 6 nitrogen and oxygen atoms in total. The van der Waals surface area contributed by atoms with Gasteiger partial charge in [-0.1, -0.05) is 103 Å². The van der Waals surface area contributed by atoms with Crippen molar-refractivity contribution in [3.05, 3.63) is 171 Å². The molecule has 2 heterocycles. The number of carbonyl (C=O) groups is 1. The summed E-state index contributed by atoms with van der Waals surface area (Å²) in [7, 11) is 0. The van der Waals surface area contributed by atoms with Crippen LogP contribution in [0.2, 0.25) is 0 Å². The van der Waals surface area contributed by atoms with Gasteiger partial charge in [0, 0.05) is 30.4 Å². The molecule has 0 N–H and O–H groups in total. The van der Waals surface area contributed by atoms with Gasteiger partial charge in [-0.25, -0.2) is 4.79 Å². The average molecular weight is 697 g/mol. The number of rotatable bonds is 10. The van der Waals surface area contributed by atoms with E-state index in [0.29, 0.717) is 17.7 Å². The van der Waals surface area contributed by atoms with Crippen LogP contribution in [0.1, 0.15) is 76.9 Å². The van der Waals surface area contributed by atoms with Gasteiger partial charge in [0.2, 0.25) is 5.43 Å². The Morgan fingerprint density at radius 2 is 1.44 bits per heavy atom. The Morgan fingerprint density at radius 1 is 0.846 bits per heavy atom. The van der Waals surface area contributed by atoms with E-state index in [9.17, 15) is 18.4 Å². The summed E-state index contributed by atoms with van der Waals surface area (Å²) in [5.74, 6) is -0.818. The van der Waals surface area contributed by atoms with E-state index in [1.807, 2.05) is 24.3 Å². The lowest BCUT2D eigenvalue weighted by Crippen LogP contribution is -2.46. The molecule has 52 heavy (non-hydrogen) atoms. The van der Waals surface area contributed by atoms with Gasteiger partial charge in [-0.05, 0) is 78.3 Å². The molecule has 0 radical (unpaired) electrons. The molecule has 0 spiro atoms. The number of hydrogen-bond donors (Lipinski definition) is 0. The van der Waals surface area contributed by atoms with Gasteiger partial charge in [0.15, 0.2) is 5.75 Å². The molecule has 1 aliphatic carbocycles. The summed E-state index contributed by atoms with van der Waals surface area (Å²) in [6.07, 6.45) is 3.02. The summed E-state index contributed by atoms with van der Waals surface area (Å²) in [4.78, 5) is 28.9. The van der Waals surface area contributed by atoms with Crippen LogP contribution in [-0.2, 0) is 16.8 Å². The zero-order valence-corrected chi connectivity index (χ0v) is 29.0. The average Bonchev–Trinajstić information content (AvgIpc) is 3.96. The molecule has 8 heteroatoms. The number of aromatic nitrogens is 1. The van der Waals surface area contributed by atoms with Gasteiger partial charge >= 0.3 is 12.6 Å². The lowest BCUT2D eigenvalue weighted by molar-refractivity contribution is -0.0486. The molecular weight excluding hydrogens is 658 g/mol. The first kappa shape index (κ1) is 33.5. The van der Waals surface area contributed by atoms with Crippen molar-refractivity contribution in [2.75, 3.05) is 6.61 Å². The van der Waals surface area contributed by atoms with Crippen molar-refractivity contribution in [1.82, 2.24) is 9.47 Å². The predicted molar refractivity (Wildman–Crippen MR) is 198 cm³/mol. The summed E-state index contributed by atoms with van der Waals surface area (Å²) in [6.45, 7) is 1.44. The van der Waals surface area contributed by atoms with Gasteiger partial charge in [0.25, 0.3) is 0 Å². The number of halogens is 2. The highest BCUT2D eigenvalue weighted by Crippen LogP contribution is 2.51. The van der Waals surface area contributed by atoms with E-state index < -0.39 is 23.5 Å². The zero-order chi connectivity index (χ0) is 36.0. The van der Waals surface area contributed by atoms with Crippen molar-refractivity contribution < 1.29 is 23.0 Å². The molecule has 6 aromatic rings. The molecule has 1 fully saturated rings. The van der Waals surface area contributed by atoms with Gasteiger partial charge in [-0.15, -0.1) is 0 Å². The van der Waals surface area contributed by atoms with Crippen LogP contribution < -0.4 is 10.2 Å². The minimum atomic E-state index is -3.13. The molecule has 0 bridgehead atoms. The van der Waals surface area contributed by atoms with Crippen LogP contribution in [0.4, 0.5) is 8.78 Å². The molecule has 1 atom stereocenters. The van der Waals surface area contributed by atoms with Crippen LogP contribution in [0.25, 0.3) is 22.0 Å². The highest BCUT2D eigenvalue weighted by molar-refractivity contribution is 5.98. The normalized spacial score (nSPS) is 15.9. The summed E-state index contributed by atoms with van der Waals surface area (Å²) in [5.41, 5.74) is 5.66. The molecule has 0 amide bonds. The van der Waals surface area contributed by atoms with E-state index in [4.69, 9.17) is 9.47 Å². The first-order valence-electron chi connectivity index (χ1n) is 17.7. The van der Waals surface area contributed by atoms with E-state index in [-0.39, 0.29) is 40.9 Å². The number of fused-ring (bicyclic) bond motifs is 2. The maximum absolute atomic E-state index is 14.2. The first-order chi connectivity index (χ1) is 25.3. The standard InChI is InChI=1S/C44H38F2N2O4/c1-3-51-42(50)38-27-47(34-20-21-34)39-37(40(38)49)24-23-36(41(39)52-43(45)46)29-19-22-35-28(2)48(26-30(35)25-29)44(31-13-7-4-8-14-31,32-15-9-5-10-16-32)33-17-11-6-12-18-33/h4-19,22-25,27-28,34,43H,3,20-21,26H2,1-2H3. The van der Waals surface area contributed by atoms with E-state index in [0.717, 1.165) is 40.7 Å². The number of carbonyl (C=O) groups excluding carboxylic acids is 1. The molecule has 5 aromatic carbocycles. The highest BCUT2D eigenvalue weighted by Gasteiger charge is 2.47. The Balaban J connectivity index is 1.29. The van der Waals surface area contributed by atoms with E-state index >= 15 is 0 Å². The van der Waals surface area contributed by atoms with Crippen molar-refractivity contribution in [1.29, 1.82) is 0 Å². The van der Waals surface area contributed by atoms with Gasteiger partial charge in [0.05, 0.1) is 23.0 Å². The molecule has 2 aliphatic rings. The van der Waals surface area contributed by atoms with Crippen molar-refractivity contribution >= 4 is 16.9 Å². The third-order valence-corrected chi connectivity index (χ3v) is 10.5. The van der Waals surface area contributed by atoms with Gasteiger partial charge in [-0.2, -0.15) is 8.78 Å². The Labute approximate surface area is 300 Å². The Kier molecular flexibility index (Phi) is 8.71. The topological polar surface area (TPSA) is 60.8 Å². The fraction of sp³-hybridized carbons (Fsp3) is 0.227. The second-order valence-electron chi connectivity index (χ2n) is 13.5. The van der Waals surface area contributed by atoms with Crippen molar-refractivity contribution in [2.45, 2.75) is 57.5 Å². The monoisotopic (exact) mass is 696 g/mol. The zero-order valence-electron chi connectivity index (χ0n) is 29.0. The molecule has 0 saturated heterocycles. The van der Waals surface area contributed by atoms with E-state index in [1.165, 1.54) is 6.20 Å². The second kappa shape index (κ2) is 13.5. The minimum absolute atomic E-state index is 0.0144. The van der Waals surface area contributed by atoms with Crippen molar-refractivity contribution in [3.63, 3.8) is 0 Å². The van der Waals surface area contributed by atoms with Gasteiger partial charge in [-0.3, -0.25) is 9.69 Å². The van der Waals surface area contributed by atoms with Crippen LogP contribution in [0.5, 0.6) is 5.75 Å². The summed E-state index contributed by atoms with van der Waals surface area (Å²) >= 11 is 0. The Bertz CT molecular complexity index is 2230. The lowest BCUT2D eigenvalue weighted by atomic mass is 9.75. The highest BCUT2D eigenvalue weighted by atomic mass is 19.3. The van der Waals surface area contributed by atoms with Crippen molar-refractivity contribution in [2.24, 2.45) is 0 Å². The largest absolute Gasteiger partial charge is 0.462 e. The van der Waals surface area contributed by atoms with Gasteiger partial charge in [0.1, 0.15) is 5.56 Å². The fourth-order valence-electron chi connectivity index (χ4n) is 8.10. The third-order valence-electron chi connectivity index (χ3n) is 10.5. The fourth-order valence-corrected chi connectivity index (χ4v) is 8.10. The number of alkyl halides is 2. The maximum Gasteiger partial charge on any atom is 0.387 e. The van der Waals surface area contributed by atoms with Crippen LogP contribution in [-0.4, -0.2) is 28.7 Å². The molecule has 1 saturated carbocycles. The maximum atomic E-state index is 14.2. The van der Waals surface area contributed by atoms with Gasteiger partial charge < -0.3 is 14.0 Å². The third kappa shape index (κ3) is 5.58. The molecule has 262 valence electrons. The van der Waals surface area contributed by atoms with E-state index in [2.05, 4.69) is 96.8 Å². The summed E-state index contributed by atoms with van der Waals surface area (Å²) < 4.78 is 40.7. The number of nitrogens with zero attached hydrogens (tertiary/aromatic N) is 2. The van der Waals surface area contributed by atoms with E-state index in [1.54, 1.807) is 23.6 Å². The number of ether oxygens (including phenoxy) is 2. The second-order valence-corrected chi connectivity index (χ2v) is 13.5. The number of hydrogen-bond acceptors (Lipinski definition) is 5. The minimum Gasteiger partial charge on any atom is -0.462 e. The van der Waals surface area contributed by atoms with Crippen LogP contribution in [0.3, 0.4) is 0 Å². The number of pyridine rings is 1. The lowest BCUT2D eigenvalue weighted by Gasteiger charge is -2.46. The van der Waals surface area contributed by atoms with Crippen LogP contribution >= 0.6 is 0 Å². The SMILES string of the molecule is CCOC(=O)c1cn(C2CC2)c2c(OC(F)F)c(-c3ccc4c(c3)CN(C(c3ccccc3)(c3ccccc3)c3ccccc3)C4C)ccc2c1=O. The summed E-state index contributed by atoms with van der Waals surface area (Å²) in [5, 5.41) is 0.135. The molecule has 8 rings (SSSR count). The molecular formula is C44H38F2N2O4. The van der Waals surface area contributed by atoms with Crippen LogP contribution in [0.15, 0.2) is 132 Å².